The SMILES string of the molecule is CC(c1ccncn1)N(C)Cc1cc(C2CCCCC2)no1. The van der Waals surface area contributed by atoms with Gasteiger partial charge in [0.25, 0.3) is 0 Å². The first kappa shape index (κ1) is 15.2. The average Bonchev–Trinajstić information content (AvgIpc) is 3.04. The van der Waals surface area contributed by atoms with Gasteiger partial charge in [-0.3, -0.25) is 4.90 Å². The maximum Gasteiger partial charge on any atom is 0.150 e. The summed E-state index contributed by atoms with van der Waals surface area (Å²) < 4.78 is 5.55. The third-order valence-electron chi connectivity index (χ3n) is 4.70. The Balaban J connectivity index is 1.62. The Hall–Kier alpha value is -1.75. The highest BCUT2D eigenvalue weighted by Crippen LogP contribution is 2.32. The van der Waals surface area contributed by atoms with Crippen molar-refractivity contribution in [3.63, 3.8) is 0 Å². The summed E-state index contributed by atoms with van der Waals surface area (Å²) in [5, 5.41) is 4.30. The number of rotatable bonds is 5. The second-order valence-electron chi connectivity index (χ2n) is 6.28. The van der Waals surface area contributed by atoms with Crippen molar-refractivity contribution < 1.29 is 4.52 Å². The van der Waals surface area contributed by atoms with Crippen LogP contribution >= 0.6 is 0 Å². The van der Waals surface area contributed by atoms with Gasteiger partial charge >= 0.3 is 0 Å². The van der Waals surface area contributed by atoms with Crippen LogP contribution in [0.5, 0.6) is 0 Å². The molecule has 1 fully saturated rings. The third-order valence-corrected chi connectivity index (χ3v) is 4.70. The molecule has 0 aliphatic heterocycles. The largest absolute Gasteiger partial charge is 0.360 e. The van der Waals surface area contributed by atoms with Gasteiger partial charge in [-0.25, -0.2) is 9.97 Å². The molecule has 0 N–H and O–H groups in total. The van der Waals surface area contributed by atoms with Crippen LogP contribution in [0.3, 0.4) is 0 Å². The molecule has 0 bridgehead atoms. The molecule has 1 aliphatic carbocycles. The lowest BCUT2D eigenvalue weighted by Crippen LogP contribution is -2.22. The predicted octanol–water partition coefficient (Wildman–Crippen LogP) is 3.71. The first-order valence-electron chi connectivity index (χ1n) is 8.15. The van der Waals surface area contributed by atoms with E-state index < -0.39 is 0 Å². The molecule has 3 rings (SSSR count). The van der Waals surface area contributed by atoms with Crippen molar-refractivity contribution in [3.05, 3.63) is 41.8 Å². The fourth-order valence-corrected chi connectivity index (χ4v) is 3.15. The molecule has 1 saturated carbocycles. The summed E-state index contributed by atoms with van der Waals surface area (Å²) in [6.45, 7) is 2.88. The average molecular weight is 300 g/mol. The molecule has 22 heavy (non-hydrogen) atoms. The van der Waals surface area contributed by atoms with Crippen LogP contribution < -0.4 is 0 Å². The predicted molar refractivity (Wildman–Crippen MR) is 84.2 cm³/mol. The summed E-state index contributed by atoms with van der Waals surface area (Å²) >= 11 is 0. The monoisotopic (exact) mass is 300 g/mol. The van der Waals surface area contributed by atoms with Crippen LogP contribution in [0.4, 0.5) is 0 Å². The molecule has 118 valence electrons. The van der Waals surface area contributed by atoms with Crippen molar-refractivity contribution in [2.45, 2.75) is 57.5 Å². The highest BCUT2D eigenvalue weighted by atomic mass is 16.5. The van der Waals surface area contributed by atoms with Gasteiger partial charge < -0.3 is 4.52 Å². The Morgan fingerprint density at radius 1 is 1.32 bits per heavy atom. The molecule has 0 aromatic carbocycles. The molecule has 0 spiro atoms. The van der Waals surface area contributed by atoms with E-state index in [2.05, 4.69) is 40.1 Å². The summed E-state index contributed by atoms with van der Waals surface area (Å²) in [7, 11) is 2.08. The van der Waals surface area contributed by atoms with Gasteiger partial charge in [0.2, 0.25) is 0 Å². The highest BCUT2D eigenvalue weighted by molar-refractivity contribution is 5.12. The molecule has 5 nitrogen and oxygen atoms in total. The minimum atomic E-state index is 0.214. The number of hydrogen-bond acceptors (Lipinski definition) is 5. The molecule has 0 saturated heterocycles. The molecule has 1 aliphatic rings. The molecule has 2 heterocycles. The van der Waals surface area contributed by atoms with Gasteiger partial charge in [-0.2, -0.15) is 0 Å². The normalized spacial score (nSPS) is 17.8. The Morgan fingerprint density at radius 2 is 2.14 bits per heavy atom. The number of hydrogen-bond donors (Lipinski definition) is 0. The third kappa shape index (κ3) is 3.53. The Labute approximate surface area is 131 Å². The number of aromatic nitrogens is 3. The van der Waals surface area contributed by atoms with E-state index in [0.717, 1.165) is 23.7 Å². The lowest BCUT2D eigenvalue weighted by Gasteiger charge is -2.22. The molecule has 5 heteroatoms. The van der Waals surface area contributed by atoms with Gasteiger partial charge in [0, 0.05) is 24.2 Å². The van der Waals surface area contributed by atoms with Crippen LogP contribution in [0.15, 0.2) is 29.2 Å². The molecule has 2 aromatic heterocycles. The van der Waals surface area contributed by atoms with Gasteiger partial charge in [-0.05, 0) is 32.9 Å². The van der Waals surface area contributed by atoms with Crippen molar-refractivity contribution in [2.75, 3.05) is 7.05 Å². The number of nitrogens with zero attached hydrogens (tertiary/aromatic N) is 4. The molecular weight excluding hydrogens is 276 g/mol. The maximum atomic E-state index is 5.55. The van der Waals surface area contributed by atoms with Gasteiger partial charge in [0.15, 0.2) is 5.76 Å². The minimum Gasteiger partial charge on any atom is -0.360 e. The maximum absolute atomic E-state index is 5.55. The van der Waals surface area contributed by atoms with Crippen molar-refractivity contribution in [1.29, 1.82) is 0 Å². The van der Waals surface area contributed by atoms with E-state index in [9.17, 15) is 0 Å². The Kier molecular flexibility index (Phi) is 4.83. The molecule has 1 atom stereocenters. The summed E-state index contributed by atoms with van der Waals surface area (Å²) in [5.74, 6) is 1.53. The van der Waals surface area contributed by atoms with Crippen LogP contribution in [0.1, 0.15) is 68.1 Å². The Bertz CT molecular complexity index is 577. The molecule has 0 radical (unpaired) electrons. The van der Waals surface area contributed by atoms with E-state index in [-0.39, 0.29) is 6.04 Å². The fraction of sp³-hybridized carbons (Fsp3) is 0.588. The quantitative estimate of drug-likeness (QED) is 0.842. The Morgan fingerprint density at radius 3 is 2.86 bits per heavy atom. The summed E-state index contributed by atoms with van der Waals surface area (Å²) in [4.78, 5) is 10.5. The standard InChI is InChI=1S/C17H24N4O/c1-13(16-8-9-18-12-19-16)21(2)11-15-10-17(20-22-15)14-6-4-3-5-7-14/h8-10,12-14H,3-7,11H2,1-2H3. The first-order valence-corrected chi connectivity index (χ1v) is 8.15. The van der Waals surface area contributed by atoms with Crippen LogP contribution in [0.2, 0.25) is 0 Å². The van der Waals surface area contributed by atoms with Crippen LogP contribution in [0, 0.1) is 0 Å². The van der Waals surface area contributed by atoms with E-state index in [0.29, 0.717) is 5.92 Å². The van der Waals surface area contributed by atoms with Crippen molar-refractivity contribution in [3.8, 4) is 0 Å². The van der Waals surface area contributed by atoms with Gasteiger partial charge in [-0.15, -0.1) is 0 Å². The van der Waals surface area contributed by atoms with Gasteiger partial charge in [0.1, 0.15) is 6.33 Å². The zero-order chi connectivity index (χ0) is 15.4. The fourth-order valence-electron chi connectivity index (χ4n) is 3.15. The van der Waals surface area contributed by atoms with E-state index >= 15 is 0 Å². The van der Waals surface area contributed by atoms with E-state index in [1.54, 1.807) is 12.5 Å². The zero-order valence-corrected chi connectivity index (χ0v) is 13.4. The van der Waals surface area contributed by atoms with E-state index in [4.69, 9.17) is 4.52 Å². The molecule has 0 amide bonds. The van der Waals surface area contributed by atoms with E-state index in [1.807, 2.05) is 6.07 Å². The van der Waals surface area contributed by atoms with Crippen molar-refractivity contribution in [2.24, 2.45) is 0 Å². The second kappa shape index (κ2) is 7.01. The zero-order valence-electron chi connectivity index (χ0n) is 13.4. The first-order chi connectivity index (χ1) is 10.7. The lowest BCUT2D eigenvalue weighted by atomic mass is 9.87. The molecule has 2 aromatic rings. The summed E-state index contributed by atoms with van der Waals surface area (Å²) in [6, 6.07) is 4.31. The van der Waals surface area contributed by atoms with Crippen LogP contribution in [-0.2, 0) is 6.54 Å². The van der Waals surface area contributed by atoms with Crippen LogP contribution in [0.25, 0.3) is 0 Å². The van der Waals surface area contributed by atoms with Gasteiger partial charge in [-0.1, -0.05) is 24.4 Å². The smallest absolute Gasteiger partial charge is 0.150 e. The van der Waals surface area contributed by atoms with E-state index in [1.165, 1.54) is 32.1 Å². The van der Waals surface area contributed by atoms with Crippen molar-refractivity contribution in [1.82, 2.24) is 20.0 Å². The second-order valence-corrected chi connectivity index (χ2v) is 6.28. The summed E-state index contributed by atoms with van der Waals surface area (Å²) in [5.41, 5.74) is 2.15. The summed E-state index contributed by atoms with van der Waals surface area (Å²) in [6.07, 6.45) is 9.87. The van der Waals surface area contributed by atoms with Crippen LogP contribution in [-0.4, -0.2) is 27.1 Å². The molecular formula is C17H24N4O. The van der Waals surface area contributed by atoms with Crippen molar-refractivity contribution >= 4 is 0 Å². The molecule has 1 unspecified atom stereocenters. The lowest BCUT2D eigenvalue weighted by molar-refractivity contribution is 0.217. The topological polar surface area (TPSA) is 55.1 Å². The highest BCUT2D eigenvalue weighted by Gasteiger charge is 2.21. The minimum absolute atomic E-state index is 0.214. The van der Waals surface area contributed by atoms with Gasteiger partial charge in [0.05, 0.1) is 17.9 Å².